The number of carbonyl (C=O) groups is 1. The lowest BCUT2D eigenvalue weighted by molar-refractivity contribution is 0.0529. The molecule has 3 rings (SSSR count). The van der Waals surface area contributed by atoms with Crippen LogP contribution in [0.3, 0.4) is 0 Å². The third-order valence-electron chi connectivity index (χ3n) is 4.39. The molecule has 3 aromatic rings. The van der Waals surface area contributed by atoms with Crippen molar-refractivity contribution in [1.82, 2.24) is 15.1 Å². The topological polar surface area (TPSA) is 68.2 Å². The molecule has 2 heterocycles. The smallest absolute Gasteiger partial charge is 0.341 e. The van der Waals surface area contributed by atoms with Crippen LogP contribution in [0.15, 0.2) is 42.6 Å². The first-order chi connectivity index (χ1) is 14.0. The quantitative estimate of drug-likeness (QED) is 0.423. The molecule has 2 N–H and O–H groups in total. The SMILES string of the molecule is CCOC(=O)c1c(NC(=S)NCc2ccnn2CC)sc(C)c1-c1ccccc1. The van der Waals surface area contributed by atoms with Crippen molar-refractivity contribution >= 4 is 39.6 Å². The van der Waals surface area contributed by atoms with E-state index in [9.17, 15) is 4.79 Å². The Morgan fingerprint density at radius 2 is 2.00 bits per heavy atom. The standard InChI is InChI=1S/C21H24N4O2S2/c1-4-25-16(11-12-23-25)13-22-21(28)24-19-18(20(26)27-5-2)17(14(3)29-19)15-9-7-6-8-10-15/h6-12H,4-5,13H2,1-3H3,(H2,22,24,28). The van der Waals surface area contributed by atoms with Gasteiger partial charge in [-0.2, -0.15) is 5.10 Å². The predicted octanol–water partition coefficient (Wildman–Crippen LogP) is 4.60. The van der Waals surface area contributed by atoms with Crippen LogP contribution in [0, 0.1) is 6.92 Å². The summed E-state index contributed by atoms with van der Waals surface area (Å²) in [5.74, 6) is -0.356. The van der Waals surface area contributed by atoms with Crippen molar-refractivity contribution in [3.8, 4) is 11.1 Å². The maximum Gasteiger partial charge on any atom is 0.341 e. The fraction of sp³-hybridized carbons (Fsp3) is 0.286. The number of hydrogen-bond donors (Lipinski definition) is 2. The summed E-state index contributed by atoms with van der Waals surface area (Å²) >= 11 is 6.96. The predicted molar refractivity (Wildman–Crippen MR) is 121 cm³/mol. The van der Waals surface area contributed by atoms with Crippen molar-refractivity contribution in [3.05, 3.63) is 58.7 Å². The van der Waals surface area contributed by atoms with Gasteiger partial charge in [-0.05, 0) is 44.6 Å². The maximum absolute atomic E-state index is 12.8. The molecule has 8 heteroatoms. The molecule has 1 aromatic carbocycles. The van der Waals surface area contributed by atoms with Gasteiger partial charge >= 0.3 is 5.97 Å². The number of carbonyl (C=O) groups excluding carboxylic acids is 1. The molecule has 0 fully saturated rings. The number of thiophene rings is 1. The summed E-state index contributed by atoms with van der Waals surface area (Å²) in [4.78, 5) is 13.8. The second-order valence-corrected chi connectivity index (χ2v) is 7.90. The largest absolute Gasteiger partial charge is 0.462 e. The zero-order valence-corrected chi connectivity index (χ0v) is 18.3. The molecule has 0 aliphatic carbocycles. The van der Waals surface area contributed by atoms with Crippen LogP contribution >= 0.6 is 23.6 Å². The van der Waals surface area contributed by atoms with Crippen molar-refractivity contribution in [2.45, 2.75) is 33.9 Å². The molecule has 0 aliphatic heterocycles. The number of esters is 1. The molecule has 6 nitrogen and oxygen atoms in total. The number of benzene rings is 1. The summed E-state index contributed by atoms with van der Waals surface area (Å²) in [6.45, 7) is 7.49. The van der Waals surface area contributed by atoms with Gasteiger partial charge in [-0.15, -0.1) is 11.3 Å². The molecular formula is C21H24N4O2S2. The summed E-state index contributed by atoms with van der Waals surface area (Å²) in [5, 5.41) is 11.8. The van der Waals surface area contributed by atoms with E-state index in [2.05, 4.69) is 15.7 Å². The maximum atomic E-state index is 12.8. The minimum absolute atomic E-state index is 0.311. The van der Waals surface area contributed by atoms with E-state index in [-0.39, 0.29) is 5.97 Å². The lowest BCUT2D eigenvalue weighted by Crippen LogP contribution is -2.29. The van der Waals surface area contributed by atoms with E-state index < -0.39 is 0 Å². The van der Waals surface area contributed by atoms with Gasteiger partial charge in [0.15, 0.2) is 5.11 Å². The highest BCUT2D eigenvalue weighted by molar-refractivity contribution is 7.80. The Morgan fingerprint density at radius 3 is 2.69 bits per heavy atom. The third kappa shape index (κ3) is 4.83. The van der Waals surface area contributed by atoms with Gasteiger partial charge in [-0.1, -0.05) is 30.3 Å². The summed E-state index contributed by atoms with van der Waals surface area (Å²) in [7, 11) is 0. The Labute approximate surface area is 179 Å². The first-order valence-corrected chi connectivity index (χ1v) is 10.7. The number of hydrogen-bond acceptors (Lipinski definition) is 5. The molecule has 0 aliphatic rings. The molecule has 0 saturated heterocycles. The number of aryl methyl sites for hydroxylation is 2. The summed E-state index contributed by atoms with van der Waals surface area (Å²) in [5.41, 5.74) is 3.41. The molecule has 29 heavy (non-hydrogen) atoms. The third-order valence-corrected chi connectivity index (χ3v) is 5.65. The molecule has 0 bridgehead atoms. The van der Waals surface area contributed by atoms with Crippen LogP contribution in [-0.4, -0.2) is 27.5 Å². The Hall–Kier alpha value is -2.71. The molecule has 0 unspecified atom stereocenters. The van der Waals surface area contributed by atoms with Crippen LogP contribution in [0.1, 0.15) is 34.8 Å². The van der Waals surface area contributed by atoms with Crippen LogP contribution in [0.25, 0.3) is 11.1 Å². The van der Waals surface area contributed by atoms with E-state index in [4.69, 9.17) is 17.0 Å². The molecular weight excluding hydrogens is 404 g/mol. The van der Waals surface area contributed by atoms with Gasteiger partial charge < -0.3 is 15.4 Å². The van der Waals surface area contributed by atoms with Gasteiger partial charge in [0.1, 0.15) is 10.6 Å². The Morgan fingerprint density at radius 1 is 1.24 bits per heavy atom. The summed E-state index contributed by atoms with van der Waals surface area (Å²) in [6, 6.07) is 11.8. The second-order valence-electron chi connectivity index (χ2n) is 6.27. The number of thiocarbonyl (C=S) groups is 1. The van der Waals surface area contributed by atoms with Crippen LogP contribution in [0.4, 0.5) is 5.00 Å². The Kier molecular flexibility index (Phi) is 7.00. The van der Waals surface area contributed by atoms with Crippen LogP contribution in [0.5, 0.6) is 0 Å². The van der Waals surface area contributed by atoms with E-state index in [0.717, 1.165) is 28.2 Å². The zero-order valence-electron chi connectivity index (χ0n) is 16.7. The minimum Gasteiger partial charge on any atom is -0.462 e. The lowest BCUT2D eigenvalue weighted by Gasteiger charge is -2.12. The normalized spacial score (nSPS) is 10.6. The Balaban J connectivity index is 1.84. The first kappa shape index (κ1) is 21.0. The van der Waals surface area contributed by atoms with Gasteiger partial charge in [0.25, 0.3) is 0 Å². The van der Waals surface area contributed by atoms with Gasteiger partial charge in [-0.3, -0.25) is 4.68 Å². The number of ether oxygens (including phenoxy) is 1. The molecule has 0 saturated carbocycles. The zero-order chi connectivity index (χ0) is 20.8. The second kappa shape index (κ2) is 9.67. The van der Waals surface area contributed by atoms with Crippen LogP contribution < -0.4 is 10.6 Å². The van der Waals surface area contributed by atoms with E-state index in [0.29, 0.717) is 28.8 Å². The van der Waals surface area contributed by atoms with Crippen molar-refractivity contribution in [1.29, 1.82) is 0 Å². The Bertz CT molecular complexity index is 996. The van der Waals surface area contributed by atoms with E-state index in [1.807, 2.05) is 54.9 Å². The molecule has 152 valence electrons. The van der Waals surface area contributed by atoms with Gasteiger partial charge in [-0.25, -0.2) is 4.79 Å². The highest BCUT2D eigenvalue weighted by Crippen LogP contribution is 2.40. The summed E-state index contributed by atoms with van der Waals surface area (Å²) in [6.07, 6.45) is 1.77. The molecule has 0 spiro atoms. The van der Waals surface area contributed by atoms with E-state index >= 15 is 0 Å². The van der Waals surface area contributed by atoms with Gasteiger partial charge in [0.2, 0.25) is 0 Å². The molecule has 0 atom stereocenters. The highest BCUT2D eigenvalue weighted by atomic mass is 32.1. The number of aromatic nitrogens is 2. The highest BCUT2D eigenvalue weighted by Gasteiger charge is 2.24. The monoisotopic (exact) mass is 428 g/mol. The number of nitrogens with zero attached hydrogens (tertiary/aromatic N) is 2. The first-order valence-electron chi connectivity index (χ1n) is 9.46. The fourth-order valence-electron chi connectivity index (χ4n) is 3.10. The molecule has 0 radical (unpaired) electrons. The van der Waals surface area contributed by atoms with Crippen molar-refractivity contribution in [2.75, 3.05) is 11.9 Å². The molecule has 0 amide bonds. The number of nitrogens with one attached hydrogen (secondary N) is 2. The van der Waals surface area contributed by atoms with Crippen LogP contribution in [-0.2, 0) is 17.8 Å². The average Bonchev–Trinajstić information content (AvgIpc) is 3.30. The average molecular weight is 429 g/mol. The number of rotatable bonds is 7. The van der Waals surface area contributed by atoms with Crippen molar-refractivity contribution in [3.63, 3.8) is 0 Å². The van der Waals surface area contributed by atoms with Gasteiger partial charge in [0.05, 0.1) is 18.8 Å². The van der Waals surface area contributed by atoms with Crippen molar-refractivity contribution < 1.29 is 9.53 Å². The number of anilines is 1. The van der Waals surface area contributed by atoms with E-state index in [1.165, 1.54) is 11.3 Å². The fourth-order valence-corrected chi connectivity index (χ4v) is 4.40. The van der Waals surface area contributed by atoms with Crippen LogP contribution in [0.2, 0.25) is 0 Å². The minimum atomic E-state index is -0.356. The molecule has 2 aromatic heterocycles. The lowest BCUT2D eigenvalue weighted by atomic mass is 10.0. The van der Waals surface area contributed by atoms with Crippen molar-refractivity contribution in [2.24, 2.45) is 0 Å². The van der Waals surface area contributed by atoms with E-state index in [1.54, 1.807) is 13.1 Å². The van der Waals surface area contributed by atoms with Gasteiger partial charge in [0, 0.05) is 23.2 Å². The summed E-state index contributed by atoms with van der Waals surface area (Å²) < 4.78 is 7.23.